The van der Waals surface area contributed by atoms with Crippen molar-refractivity contribution < 1.29 is 4.74 Å². The van der Waals surface area contributed by atoms with Gasteiger partial charge in [-0.1, -0.05) is 184 Å². The molecule has 5 heteroatoms. The summed E-state index contributed by atoms with van der Waals surface area (Å²) in [5.74, 6) is 2.41. The van der Waals surface area contributed by atoms with Gasteiger partial charge in [0.05, 0.1) is 33.3 Å². The summed E-state index contributed by atoms with van der Waals surface area (Å²) in [6.45, 7) is 6.84. The minimum absolute atomic E-state index is 0.403. The predicted octanol–water partition coefficient (Wildman–Crippen LogP) is 17.9. The topological polar surface area (TPSA) is 43.5 Å². The van der Waals surface area contributed by atoms with Crippen LogP contribution < -0.4 is 10.1 Å². The molecular formula is C70H52N4O. The van der Waals surface area contributed by atoms with E-state index in [1.807, 2.05) is 0 Å². The average Bonchev–Trinajstić information content (AvgIpc) is 4.03. The van der Waals surface area contributed by atoms with Crippen LogP contribution in [0.2, 0.25) is 0 Å². The predicted molar refractivity (Wildman–Crippen MR) is 312 cm³/mol. The molecule has 14 rings (SSSR count). The van der Waals surface area contributed by atoms with E-state index in [0.29, 0.717) is 0 Å². The Labute approximate surface area is 436 Å². The minimum atomic E-state index is -0.403. The molecule has 0 saturated heterocycles. The van der Waals surface area contributed by atoms with Crippen LogP contribution in [0, 0.1) is 0 Å². The average molecular weight is 965 g/mol. The second-order valence-electron chi connectivity index (χ2n) is 20.4. The minimum Gasteiger partial charge on any atom is -0.455 e. The van der Waals surface area contributed by atoms with Crippen LogP contribution in [0.1, 0.15) is 55.0 Å². The number of nitrogens with zero attached hydrogens (tertiary/aromatic N) is 3. The van der Waals surface area contributed by atoms with Gasteiger partial charge in [0.15, 0.2) is 0 Å². The highest BCUT2D eigenvalue weighted by molar-refractivity contribution is 6.14. The molecule has 2 aliphatic rings. The van der Waals surface area contributed by atoms with Gasteiger partial charge in [-0.05, 0) is 120 Å². The third kappa shape index (κ3) is 7.34. The van der Waals surface area contributed by atoms with Crippen LogP contribution in [0.5, 0.6) is 11.5 Å². The number of aromatic nitrogens is 2. The molecule has 0 spiro atoms. The summed E-state index contributed by atoms with van der Waals surface area (Å²) in [4.78, 5) is 5.49. The highest BCUT2D eigenvalue weighted by Gasteiger charge is 2.38. The molecule has 0 radical (unpaired) electrons. The fourth-order valence-corrected chi connectivity index (χ4v) is 11.8. The van der Waals surface area contributed by atoms with E-state index >= 15 is 0 Å². The van der Waals surface area contributed by atoms with Crippen LogP contribution >= 0.6 is 0 Å². The highest BCUT2D eigenvalue weighted by Crippen LogP contribution is 2.53. The van der Waals surface area contributed by atoms with Crippen molar-refractivity contribution in [2.45, 2.75) is 32.6 Å². The van der Waals surface area contributed by atoms with Gasteiger partial charge in [0.25, 0.3) is 0 Å². The van der Waals surface area contributed by atoms with Crippen LogP contribution in [-0.2, 0) is 5.41 Å². The standard InChI is InChI=1S/C70H52N4O/c1-45-34-38-61(46-20-8-4-9-21-46)71-69(72-66(45)47-22-10-5-11-23-47)55-30-19-32-60-68(55)75-67-53(29-18-31-59(67)70(60,2)3)50-37-41-65-58(44-50)57-43-49(36-40-64(57)74(65)52-26-14-7-15-27-52)48-35-39-63-56(42-48)54-28-16-17-33-62(54)73(63)51-24-12-6-13-25-51/h4-33,35-44H,34H2,1-3H3,(H,71,72)/b61-38+,66-45?. The second-order valence-corrected chi connectivity index (χ2v) is 20.4. The van der Waals surface area contributed by atoms with Gasteiger partial charge in [-0.3, -0.25) is 0 Å². The lowest BCUT2D eigenvalue weighted by molar-refractivity contribution is 0.418. The molecule has 10 aromatic carbocycles. The molecule has 358 valence electrons. The first kappa shape index (κ1) is 44.3. The van der Waals surface area contributed by atoms with E-state index < -0.39 is 5.41 Å². The summed E-state index contributed by atoms with van der Waals surface area (Å²) in [7, 11) is 0. The van der Waals surface area contributed by atoms with Gasteiger partial charge in [-0.15, -0.1) is 0 Å². The fourth-order valence-electron chi connectivity index (χ4n) is 11.8. The third-order valence-corrected chi connectivity index (χ3v) is 15.6. The monoisotopic (exact) mass is 964 g/mol. The number of nitrogens with one attached hydrogen (secondary N) is 1. The van der Waals surface area contributed by atoms with Crippen molar-refractivity contribution in [1.82, 2.24) is 14.5 Å². The number of amidine groups is 1. The molecule has 0 amide bonds. The maximum Gasteiger partial charge on any atom is 0.142 e. The van der Waals surface area contributed by atoms with Crippen LogP contribution in [-0.4, -0.2) is 15.0 Å². The van der Waals surface area contributed by atoms with Crippen LogP contribution in [0.15, 0.2) is 253 Å². The normalized spacial score (nSPS) is 14.9. The number of fused-ring (bicyclic) bond motifs is 8. The molecule has 1 N–H and O–H groups in total. The number of benzene rings is 10. The molecule has 0 fully saturated rings. The molecule has 4 heterocycles. The van der Waals surface area contributed by atoms with Crippen molar-refractivity contribution in [2.24, 2.45) is 4.99 Å². The molecule has 75 heavy (non-hydrogen) atoms. The summed E-state index contributed by atoms with van der Waals surface area (Å²) in [5.41, 5.74) is 19.6. The number of ether oxygens (including phenoxy) is 1. The third-order valence-electron chi connectivity index (χ3n) is 15.6. The molecule has 0 atom stereocenters. The zero-order valence-corrected chi connectivity index (χ0v) is 42.1. The van der Waals surface area contributed by atoms with Crippen molar-refractivity contribution in [3.05, 3.63) is 276 Å². The molecular weight excluding hydrogens is 913 g/mol. The number of aliphatic imine (C=N–C) groups is 1. The summed E-state index contributed by atoms with van der Waals surface area (Å²) >= 11 is 0. The van der Waals surface area contributed by atoms with Gasteiger partial charge >= 0.3 is 0 Å². The van der Waals surface area contributed by atoms with Gasteiger partial charge in [-0.2, -0.15) is 0 Å². The summed E-state index contributed by atoms with van der Waals surface area (Å²) < 4.78 is 12.2. The van der Waals surface area contributed by atoms with Gasteiger partial charge in [0, 0.05) is 60.7 Å². The lowest BCUT2D eigenvalue weighted by Gasteiger charge is -2.36. The molecule has 12 aromatic rings. The Balaban J connectivity index is 0.920. The molecule has 0 unspecified atom stereocenters. The van der Waals surface area contributed by atoms with Gasteiger partial charge in [0.1, 0.15) is 17.3 Å². The lowest BCUT2D eigenvalue weighted by Crippen LogP contribution is -2.29. The van der Waals surface area contributed by atoms with Crippen LogP contribution in [0.3, 0.4) is 0 Å². The Morgan fingerprint density at radius 1 is 0.427 bits per heavy atom. The zero-order chi connectivity index (χ0) is 50.2. The first-order valence-corrected chi connectivity index (χ1v) is 25.9. The number of para-hydroxylation sites is 5. The fraction of sp³-hybridized carbons (Fsp3) is 0.0714. The van der Waals surface area contributed by atoms with Crippen LogP contribution in [0.25, 0.3) is 88.6 Å². The summed E-state index contributed by atoms with van der Waals surface area (Å²) in [5, 5.41) is 8.72. The Morgan fingerprint density at radius 2 is 0.893 bits per heavy atom. The van der Waals surface area contributed by atoms with Crippen LogP contribution in [0.4, 0.5) is 0 Å². The van der Waals surface area contributed by atoms with E-state index in [1.165, 1.54) is 49.3 Å². The second kappa shape index (κ2) is 17.6. The van der Waals surface area contributed by atoms with E-state index in [-0.39, 0.29) is 0 Å². The van der Waals surface area contributed by atoms with Crippen molar-refractivity contribution >= 4 is 60.8 Å². The maximum atomic E-state index is 7.45. The van der Waals surface area contributed by atoms with Gasteiger partial charge in [-0.25, -0.2) is 4.99 Å². The lowest BCUT2D eigenvalue weighted by atomic mass is 9.74. The van der Waals surface area contributed by atoms with E-state index in [2.05, 4.69) is 278 Å². The van der Waals surface area contributed by atoms with Crippen molar-refractivity contribution in [3.63, 3.8) is 0 Å². The Kier molecular flexibility index (Phi) is 10.4. The molecule has 0 saturated carbocycles. The van der Waals surface area contributed by atoms with E-state index in [1.54, 1.807) is 0 Å². The number of hydrogen-bond acceptors (Lipinski definition) is 3. The van der Waals surface area contributed by atoms with E-state index in [4.69, 9.17) is 9.73 Å². The Hall–Kier alpha value is -9.45. The number of allylic oxidation sites excluding steroid dienone is 2. The van der Waals surface area contributed by atoms with E-state index in [0.717, 1.165) is 96.5 Å². The molecule has 5 nitrogen and oxygen atoms in total. The maximum absolute atomic E-state index is 7.45. The number of rotatable bonds is 7. The van der Waals surface area contributed by atoms with E-state index in [9.17, 15) is 0 Å². The first-order valence-electron chi connectivity index (χ1n) is 25.9. The van der Waals surface area contributed by atoms with Gasteiger partial charge < -0.3 is 19.2 Å². The molecule has 2 aromatic heterocycles. The zero-order valence-electron chi connectivity index (χ0n) is 42.1. The SMILES string of the molecule is CC1=C(c2ccccc2)NC(c2cccc3c2Oc2c(-c4ccc5c(c4)c4cc(-c6ccc7c(c6)c6ccccc6n7-c6ccccc6)ccc4n5-c4ccccc4)cccc2C3(C)C)=N/C(c2ccccc2)=C/C1. The number of hydrogen-bond donors (Lipinski definition) is 1. The summed E-state index contributed by atoms with van der Waals surface area (Å²) in [6, 6.07) is 85.2. The van der Waals surface area contributed by atoms with Crippen molar-refractivity contribution in [3.8, 4) is 45.1 Å². The molecule has 2 aliphatic heterocycles. The summed E-state index contributed by atoms with van der Waals surface area (Å²) in [6.07, 6.45) is 3.01. The Bertz CT molecular complexity index is 4330. The van der Waals surface area contributed by atoms with Gasteiger partial charge in [0.2, 0.25) is 0 Å². The quantitative estimate of drug-likeness (QED) is 0.173. The van der Waals surface area contributed by atoms with Crippen molar-refractivity contribution in [1.29, 1.82) is 0 Å². The molecule has 0 bridgehead atoms. The molecule has 0 aliphatic carbocycles. The Morgan fingerprint density at radius 3 is 1.49 bits per heavy atom. The smallest absolute Gasteiger partial charge is 0.142 e. The van der Waals surface area contributed by atoms with Crippen molar-refractivity contribution in [2.75, 3.05) is 0 Å². The highest BCUT2D eigenvalue weighted by atomic mass is 16.5. The first-order chi connectivity index (χ1) is 36.9. The largest absolute Gasteiger partial charge is 0.455 e.